The minimum atomic E-state index is 0.456. The van der Waals surface area contributed by atoms with E-state index >= 15 is 0 Å². The van der Waals surface area contributed by atoms with Crippen molar-refractivity contribution in [2.45, 2.75) is 45.1 Å². The van der Waals surface area contributed by atoms with Gasteiger partial charge in [0.05, 0.1) is 0 Å². The molecule has 0 amide bonds. The molecule has 2 N–H and O–H groups in total. The monoisotopic (exact) mass is 196 g/mol. The SMILES string of the molecule is CC1CCC(CN2CC[C@H](N)C2)CC1. The lowest BCUT2D eigenvalue weighted by molar-refractivity contribution is 0.208. The summed E-state index contributed by atoms with van der Waals surface area (Å²) >= 11 is 0. The highest BCUT2D eigenvalue weighted by Crippen LogP contribution is 2.29. The second-order valence-electron chi connectivity index (χ2n) is 5.43. The third-order valence-corrected chi connectivity index (χ3v) is 3.96. The molecule has 82 valence electrons. The Morgan fingerprint density at radius 2 is 1.86 bits per heavy atom. The molecule has 0 aromatic carbocycles. The van der Waals surface area contributed by atoms with Gasteiger partial charge in [0, 0.05) is 19.1 Å². The molecule has 2 heteroatoms. The molecule has 1 saturated carbocycles. The van der Waals surface area contributed by atoms with Crippen LogP contribution >= 0.6 is 0 Å². The molecule has 2 rings (SSSR count). The predicted molar refractivity (Wildman–Crippen MR) is 60.2 cm³/mol. The molecule has 14 heavy (non-hydrogen) atoms. The van der Waals surface area contributed by atoms with Gasteiger partial charge in [-0.15, -0.1) is 0 Å². The normalized spacial score (nSPS) is 40.3. The van der Waals surface area contributed by atoms with Gasteiger partial charge in [0.25, 0.3) is 0 Å². The fourth-order valence-corrected chi connectivity index (χ4v) is 2.91. The average Bonchev–Trinajstić information content (AvgIpc) is 2.56. The summed E-state index contributed by atoms with van der Waals surface area (Å²) in [5.74, 6) is 1.95. The van der Waals surface area contributed by atoms with Gasteiger partial charge >= 0.3 is 0 Å². The summed E-state index contributed by atoms with van der Waals surface area (Å²) < 4.78 is 0. The van der Waals surface area contributed by atoms with Gasteiger partial charge in [0.2, 0.25) is 0 Å². The lowest BCUT2D eigenvalue weighted by Gasteiger charge is -2.29. The summed E-state index contributed by atoms with van der Waals surface area (Å²) in [4.78, 5) is 2.57. The van der Waals surface area contributed by atoms with Crippen LogP contribution in [0.15, 0.2) is 0 Å². The molecule has 2 aliphatic rings. The van der Waals surface area contributed by atoms with E-state index in [0.29, 0.717) is 6.04 Å². The number of hydrogen-bond acceptors (Lipinski definition) is 2. The van der Waals surface area contributed by atoms with Crippen molar-refractivity contribution in [1.29, 1.82) is 0 Å². The predicted octanol–water partition coefficient (Wildman–Crippen LogP) is 1.85. The molecule has 1 aliphatic heterocycles. The molecule has 1 atom stereocenters. The first-order valence-electron chi connectivity index (χ1n) is 6.22. The van der Waals surface area contributed by atoms with Crippen LogP contribution in [0.4, 0.5) is 0 Å². The van der Waals surface area contributed by atoms with Crippen molar-refractivity contribution in [3.8, 4) is 0 Å². The number of nitrogens with two attached hydrogens (primary N) is 1. The average molecular weight is 196 g/mol. The summed E-state index contributed by atoms with van der Waals surface area (Å²) in [5, 5.41) is 0. The molecule has 0 radical (unpaired) electrons. The van der Waals surface area contributed by atoms with Crippen LogP contribution in [0.3, 0.4) is 0 Å². The summed E-state index contributed by atoms with van der Waals surface area (Å²) in [6, 6.07) is 0.456. The van der Waals surface area contributed by atoms with Gasteiger partial charge in [0.1, 0.15) is 0 Å². The first-order chi connectivity index (χ1) is 6.74. The second-order valence-corrected chi connectivity index (χ2v) is 5.43. The van der Waals surface area contributed by atoms with E-state index in [1.165, 1.54) is 45.2 Å². The smallest absolute Gasteiger partial charge is 0.0180 e. The van der Waals surface area contributed by atoms with Gasteiger partial charge in [0.15, 0.2) is 0 Å². The van der Waals surface area contributed by atoms with Gasteiger partial charge in [-0.1, -0.05) is 19.8 Å². The van der Waals surface area contributed by atoms with Gasteiger partial charge in [-0.05, 0) is 37.6 Å². The Kier molecular flexibility index (Phi) is 3.45. The highest BCUT2D eigenvalue weighted by atomic mass is 15.2. The molecule has 0 bridgehead atoms. The third-order valence-electron chi connectivity index (χ3n) is 3.96. The van der Waals surface area contributed by atoms with E-state index in [9.17, 15) is 0 Å². The lowest BCUT2D eigenvalue weighted by atomic mass is 9.83. The molecule has 2 nitrogen and oxygen atoms in total. The van der Waals surface area contributed by atoms with Gasteiger partial charge in [-0.2, -0.15) is 0 Å². The second kappa shape index (κ2) is 4.63. The zero-order chi connectivity index (χ0) is 9.97. The quantitative estimate of drug-likeness (QED) is 0.730. The van der Waals surface area contributed by atoms with Crippen molar-refractivity contribution in [3.63, 3.8) is 0 Å². The van der Waals surface area contributed by atoms with Gasteiger partial charge < -0.3 is 10.6 Å². The van der Waals surface area contributed by atoms with Crippen LogP contribution in [-0.2, 0) is 0 Å². The Balaban J connectivity index is 1.70. The minimum Gasteiger partial charge on any atom is -0.326 e. The standard InChI is InChI=1S/C12H24N2/c1-10-2-4-11(5-3-10)8-14-7-6-12(13)9-14/h10-12H,2-9,13H2,1H3/t10?,11?,12-/m0/s1. The lowest BCUT2D eigenvalue weighted by Crippen LogP contribution is -2.32. The van der Waals surface area contributed by atoms with Crippen LogP contribution in [0, 0.1) is 11.8 Å². The maximum Gasteiger partial charge on any atom is 0.0180 e. The van der Waals surface area contributed by atoms with E-state index in [1.807, 2.05) is 0 Å². The maximum absolute atomic E-state index is 5.91. The highest BCUT2D eigenvalue weighted by Gasteiger charge is 2.24. The summed E-state index contributed by atoms with van der Waals surface area (Å²) in [6.45, 7) is 6.10. The Bertz CT molecular complexity index is 173. The van der Waals surface area contributed by atoms with E-state index in [2.05, 4.69) is 11.8 Å². The van der Waals surface area contributed by atoms with Crippen molar-refractivity contribution in [1.82, 2.24) is 4.90 Å². The summed E-state index contributed by atoms with van der Waals surface area (Å²) in [7, 11) is 0. The van der Waals surface area contributed by atoms with Crippen LogP contribution in [-0.4, -0.2) is 30.6 Å². The molecule has 0 aromatic rings. The molecular formula is C12H24N2. The zero-order valence-electron chi connectivity index (χ0n) is 9.41. The van der Waals surface area contributed by atoms with Crippen molar-refractivity contribution >= 4 is 0 Å². The van der Waals surface area contributed by atoms with Gasteiger partial charge in [-0.25, -0.2) is 0 Å². The van der Waals surface area contributed by atoms with Crippen molar-refractivity contribution in [2.24, 2.45) is 17.6 Å². The summed E-state index contributed by atoms with van der Waals surface area (Å²) in [5.41, 5.74) is 5.91. The first kappa shape index (κ1) is 10.4. The van der Waals surface area contributed by atoms with Crippen LogP contribution in [0.1, 0.15) is 39.0 Å². The number of rotatable bonds is 2. The molecule has 1 aliphatic carbocycles. The Hall–Kier alpha value is -0.0800. The number of likely N-dealkylation sites (tertiary alicyclic amines) is 1. The number of hydrogen-bond donors (Lipinski definition) is 1. The van der Waals surface area contributed by atoms with Gasteiger partial charge in [-0.3, -0.25) is 0 Å². The molecule has 2 fully saturated rings. The first-order valence-corrected chi connectivity index (χ1v) is 6.22. The molecular weight excluding hydrogens is 172 g/mol. The van der Waals surface area contributed by atoms with E-state index < -0.39 is 0 Å². The van der Waals surface area contributed by atoms with Crippen LogP contribution in [0.2, 0.25) is 0 Å². The van der Waals surface area contributed by atoms with E-state index in [1.54, 1.807) is 0 Å². The van der Waals surface area contributed by atoms with E-state index in [-0.39, 0.29) is 0 Å². The Morgan fingerprint density at radius 3 is 2.43 bits per heavy atom. The fourth-order valence-electron chi connectivity index (χ4n) is 2.91. The molecule has 0 aromatic heterocycles. The Labute approximate surface area is 87.8 Å². The van der Waals surface area contributed by atoms with Crippen molar-refractivity contribution < 1.29 is 0 Å². The topological polar surface area (TPSA) is 29.3 Å². The minimum absolute atomic E-state index is 0.456. The fraction of sp³-hybridized carbons (Fsp3) is 1.00. The Morgan fingerprint density at radius 1 is 1.14 bits per heavy atom. The molecule has 0 spiro atoms. The summed E-state index contributed by atoms with van der Waals surface area (Å²) in [6.07, 6.45) is 7.01. The van der Waals surface area contributed by atoms with Crippen LogP contribution < -0.4 is 5.73 Å². The highest BCUT2D eigenvalue weighted by molar-refractivity contribution is 4.81. The zero-order valence-corrected chi connectivity index (χ0v) is 9.41. The molecule has 1 heterocycles. The van der Waals surface area contributed by atoms with Crippen molar-refractivity contribution in [2.75, 3.05) is 19.6 Å². The third kappa shape index (κ3) is 2.71. The van der Waals surface area contributed by atoms with Crippen LogP contribution in [0.5, 0.6) is 0 Å². The number of nitrogens with zero attached hydrogens (tertiary/aromatic N) is 1. The molecule has 0 unspecified atom stereocenters. The maximum atomic E-state index is 5.91. The van der Waals surface area contributed by atoms with Crippen molar-refractivity contribution in [3.05, 3.63) is 0 Å². The van der Waals surface area contributed by atoms with Crippen LogP contribution in [0.25, 0.3) is 0 Å². The largest absolute Gasteiger partial charge is 0.326 e. The van der Waals surface area contributed by atoms with E-state index in [4.69, 9.17) is 5.73 Å². The molecule has 1 saturated heterocycles. The van der Waals surface area contributed by atoms with E-state index in [0.717, 1.165) is 18.4 Å².